The van der Waals surface area contributed by atoms with Gasteiger partial charge in [-0.1, -0.05) is 42.5 Å². The molecule has 0 unspecified atom stereocenters. The van der Waals surface area contributed by atoms with Gasteiger partial charge in [-0.25, -0.2) is 0 Å². The molecule has 2 nitrogen and oxygen atoms in total. The predicted octanol–water partition coefficient (Wildman–Crippen LogP) is 4.27. The average Bonchev–Trinajstić information content (AvgIpc) is 2.71. The minimum atomic E-state index is -0.309. The fourth-order valence-corrected chi connectivity index (χ4v) is 3.00. The molecule has 0 aromatic heterocycles. The van der Waals surface area contributed by atoms with Crippen LogP contribution >= 0.6 is 0 Å². The zero-order valence-electron chi connectivity index (χ0n) is 14.9. The lowest BCUT2D eigenvalue weighted by Crippen LogP contribution is -2.41. The molecule has 23 heavy (non-hydrogen) atoms. The van der Waals surface area contributed by atoms with Crippen molar-refractivity contribution in [2.75, 3.05) is 0 Å². The monoisotopic (exact) mass is 308 g/mol. The van der Waals surface area contributed by atoms with E-state index >= 15 is 0 Å². The van der Waals surface area contributed by atoms with Crippen LogP contribution in [0.4, 0.5) is 0 Å². The van der Waals surface area contributed by atoms with E-state index in [9.17, 15) is 0 Å². The van der Waals surface area contributed by atoms with Gasteiger partial charge in [0.15, 0.2) is 0 Å². The number of hydrogen-bond donors (Lipinski definition) is 0. The maximum absolute atomic E-state index is 6.21. The van der Waals surface area contributed by atoms with Crippen molar-refractivity contribution in [2.24, 2.45) is 0 Å². The Morgan fingerprint density at radius 3 is 1.87 bits per heavy atom. The minimum Gasteiger partial charge on any atom is -0.399 e. The second-order valence-corrected chi connectivity index (χ2v) is 7.41. The molecule has 0 N–H and O–H groups in total. The summed E-state index contributed by atoms with van der Waals surface area (Å²) >= 11 is 0. The molecule has 120 valence electrons. The molecule has 0 aliphatic carbocycles. The maximum Gasteiger partial charge on any atom is 0.495 e. The first kappa shape index (κ1) is 16.3. The van der Waals surface area contributed by atoms with Gasteiger partial charge < -0.3 is 9.31 Å². The second-order valence-electron chi connectivity index (χ2n) is 7.41. The first-order valence-corrected chi connectivity index (χ1v) is 8.24. The summed E-state index contributed by atoms with van der Waals surface area (Å²) in [5, 5.41) is 0. The third-order valence-electron chi connectivity index (χ3n) is 5.42. The summed E-state index contributed by atoms with van der Waals surface area (Å²) in [6, 6.07) is 14.8. The molecule has 1 saturated heterocycles. The highest BCUT2D eigenvalue weighted by molar-refractivity contribution is 6.62. The standard InChI is InChI=1S/C20H25BO2/c1-14-15(2)18(21-22-19(3,4)20(5,6)23-21)13-12-17(14)16-10-8-7-9-11-16/h7-13H,1-6H3. The zero-order chi connectivity index (χ0) is 16.8. The van der Waals surface area contributed by atoms with Crippen molar-refractivity contribution in [3.05, 3.63) is 53.6 Å². The van der Waals surface area contributed by atoms with Gasteiger partial charge in [0.05, 0.1) is 11.2 Å². The molecule has 1 aliphatic heterocycles. The van der Waals surface area contributed by atoms with E-state index in [0.29, 0.717) is 0 Å². The van der Waals surface area contributed by atoms with Crippen LogP contribution in [-0.2, 0) is 9.31 Å². The van der Waals surface area contributed by atoms with Gasteiger partial charge in [-0.2, -0.15) is 0 Å². The van der Waals surface area contributed by atoms with Crippen LogP contribution in [0.5, 0.6) is 0 Å². The molecule has 1 aliphatic rings. The van der Waals surface area contributed by atoms with Gasteiger partial charge in [0, 0.05) is 0 Å². The first-order valence-electron chi connectivity index (χ1n) is 8.24. The topological polar surface area (TPSA) is 18.5 Å². The molecular weight excluding hydrogens is 283 g/mol. The lowest BCUT2D eigenvalue weighted by atomic mass is 9.74. The molecule has 0 amide bonds. The number of rotatable bonds is 2. The van der Waals surface area contributed by atoms with Gasteiger partial charge in [0.1, 0.15) is 0 Å². The van der Waals surface area contributed by atoms with E-state index in [1.165, 1.54) is 22.3 Å². The summed E-state index contributed by atoms with van der Waals surface area (Å²) in [4.78, 5) is 0. The molecule has 0 saturated carbocycles. The van der Waals surface area contributed by atoms with Gasteiger partial charge in [0.2, 0.25) is 0 Å². The van der Waals surface area contributed by atoms with E-state index in [-0.39, 0.29) is 18.3 Å². The molecule has 3 rings (SSSR count). The predicted molar refractivity (Wildman–Crippen MR) is 97.1 cm³/mol. The molecule has 2 aromatic rings. The molecule has 1 fully saturated rings. The quantitative estimate of drug-likeness (QED) is 0.771. The summed E-state index contributed by atoms with van der Waals surface area (Å²) in [5.41, 5.74) is 5.54. The van der Waals surface area contributed by atoms with Crippen LogP contribution in [0.2, 0.25) is 0 Å². The number of benzene rings is 2. The Bertz CT molecular complexity index is 704. The smallest absolute Gasteiger partial charge is 0.399 e. The lowest BCUT2D eigenvalue weighted by Gasteiger charge is -2.32. The highest BCUT2D eigenvalue weighted by Crippen LogP contribution is 2.37. The van der Waals surface area contributed by atoms with Crippen molar-refractivity contribution in [1.29, 1.82) is 0 Å². The average molecular weight is 308 g/mol. The van der Waals surface area contributed by atoms with Crippen molar-refractivity contribution in [2.45, 2.75) is 52.7 Å². The minimum absolute atomic E-state index is 0.302. The van der Waals surface area contributed by atoms with E-state index in [4.69, 9.17) is 9.31 Å². The summed E-state index contributed by atoms with van der Waals surface area (Å²) in [6.07, 6.45) is 0. The summed E-state index contributed by atoms with van der Waals surface area (Å²) in [5.74, 6) is 0. The van der Waals surface area contributed by atoms with Crippen LogP contribution < -0.4 is 5.46 Å². The second kappa shape index (κ2) is 5.50. The zero-order valence-corrected chi connectivity index (χ0v) is 14.9. The van der Waals surface area contributed by atoms with Crippen molar-refractivity contribution >= 4 is 12.6 Å². The Morgan fingerprint density at radius 1 is 0.739 bits per heavy atom. The molecule has 0 spiro atoms. The van der Waals surface area contributed by atoms with Crippen molar-refractivity contribution in [3.63, 3.8) is 0 Å². The summed E-state index contributed by atoms with van der Waals surface area (Å²) in [6.45, 7) is 12.7. The van der Waals surface area contributed by atoms with Gasteiger partial charge in [-0.05, 0) is 69.3 Å². The maximum atomic E-state index is 6.21. The Balaban J connectivity index is 1.99. The Morgan fingerprint density at radius 2 is 1.30 bits per heavy atom. The molecule has 0 radical (unpaired) electrons. The van der Waals surface area contributed by atoms with Crippen LogP contribution in [0.25, 0.3) is 11.1 Å². The largest absolute Gasteiger partial charge is 0.495 e. The van der Waals surface area contributed by atoms with Gasteiger partial charge in [-0.3, -0.25) is 0 Å². The molecular formula is C20H25BO2. The molecule has 0 atom stereocenters. The van der Waals surface area contributed by atoms with E-state index in [1.54, 1.807) is 0 Å². The van der Waals surface area contributed by atoms with Crippen LogP contribution in [0.15, 0.2) is 42.5 Å². The Hall–Kier alpha value is -1.58. The van der Waals surface area contributed by atoms with E-state index in [0.717, 1.165) is 5.46 Å². The van der Waals surface area contributed by atoms with Crippen LogP contribution in [0.1, 0.15) is 38.8 Å². The summed E-state index contributed by atoms with van der Waals surface area (Å²) in [7, 11) is -0.302. The Kier molecular flexibility index (Phi) is 3.90. The highest BCUT2D eigenvalue weighted by Gasteiger charge is 2.52. The molecule has 3 heteroatoms. The van der Waals surface area contributed by atoms with E-state index < -0.39 is 0 Å². The highest BCUT2D eigenvalue weighted by atomic mass is 16.7. The third kappa shape index (κ3) is 2.73. The lowest BCUT2D eigenvalue weighted by molar-refractivity contribution is 0.00578. The van der Waals surface area contributed by atoms with Gasteiger partial charge in [-0.15, -0.1) is 0 Å². The number of hydrogen-bond acceptors (Lipinski definition) is 2. The summed E-state index contributed by atoms with van der Waals surface area (Å²) < 4.78 is 12.4. The first-order chi connectivity index (χ1) is 10.7. The Labute approximate surface area is 140 Å². The van der Waals surface area contributed by atoms with Crippen molar-refractivity contribution in [3.8, 4) is 11.1 Å². The SMILES string of the molecule is Cc1c(B2OC(C)(C)C(C)(C)O2)ccc(-c2ccccc2)c1C. The van der Waals surface area contributed by atoms with Crippen molar-refractivity contribution < 1.29 is 9.31 Å². The fraction of sp³-hybridized carbons (Fsp3) is 0.400. The van der Waals surface area contributed by atoms with Crippen LogP contribution in [0.3, 0.4) is 0 Å². The normalized spacial score (nSPS) is 19.1. The van der Waals surface area contributed by atoms with E-state index in [1.807, 2.05) is 6.07 Å². The van der Waals surface area contributed by atoms with Crippen LogP contribution in [0, 0.1) is 13.8 Å². The fourth-order valence-electron chi connectivity index (χ4n) is 3.00. The molecule has 2 aromatic carbocycles. The van der Waals surface area contributed by atoms with Gasteiger partial charge in [0.25, 0.3) is 0 Å². The van der Waals surface area contributed by atoms with Crippen LogP contribution in [-0.4, -0.2) is 18.3 Å². The van der Waals surface area contributed by atoms with Crippen molar-refractivity contribution in [1.82, 2.24) is 0 Å². The van der Waals surface area contributed by atoms with Gasteiger partial charge >= 0.3 is 7.12 Å². The third-order valence-corrected chi connectivity index (χ3v) is 5.42. The van der Waals surface area contributed by atoms with E-state index in [2.05, 4.69) is 77.9 Å². The molecule has 0 bridgehead atoms. The molecule has 1 heterocycles.